The second-order valence-electron chi connectivity index (χ2n) is 4.88. The topological polar surface area (TPSA) is 33.2 Å². The predicted octanol–water partition coefficient (Wildman–Crippen LogP) is 2.38. The van der Waals surface area contributed by atoms with Crippen molar-refractivity contribution in [3.05, 3.63) is 23.9 Å². The van der Waals surface area contributed by atoms with Crippen LogP contribution in [0.2, 0.25) is 0 Å². The molecule has 1 heterocycles. The van der Waals surface area contributed by atoms with Crippen molar-refractivity contribution in [2.24, 2.45) is 5.41 Å². The molecule has 0 radical (unpaired) electrons. The molecule has 82 valence electrons. The summed E-state index contributed by atoms with van der Waals surface area (Å²) in [5.41, 5.74) is 0.328. The minimum absolute atomic E-state index is 0.125. The van der Waals surface area contributed by atoms with Gasteiger partial charge in [0.1, 0.15) is 5.82 Å². The summed E-state index contributed by atoms with van der Waals surface area (Å²) < 4.78 is 0. The average Bonchev–Trinajstić information content (AvgIpc) is 2.15. The third-order valence-electron chi connectivity index (χ3n) is 2.15. The van der Waals surface area contributed by atoms with E-state index in [0.717, 1.165) is 5.82 Å². The Kier molecular flexibility index (Phi) is 3.12. The molecule has 0 aliphatic carbocycles. The molecule has 0 bridgehead atoms. The highest BCUT2D eigenvalue weighted by Crippen LogP contribution is 2.21. The first-order valence-electron chi connectivity index (χ1n) is 5.00. The van der Waals surface area contributed by atoms with Crippen LogP contribution in [0.5, 0.6) is 0 Å². The average molecular weight is 206 g/mol. The number of anilines is 1. The Morgan fingerprint density at radius 2 is 1.87 bits per heavy atom. The zero-order valence-corrected chi connectivity index (χ0v) is 10.0. The predicted molar refractivity (Wildman–Crippen MR) is 62.3 cm³/mol. The Morgan fingerprint density at radius 3 is 2.20 bits per heavy atom. The molecule has 0 aromatic carbocycles. The van der Waals surface area contributed by atoms with Crippen LogP contribution in [0.1, 0.15) is 31.1 Å². The second kappa shape index (κ2) is 4.01. The van der Waals surface area contributed by atoms with Gasteiger partial charge in [0.25, 0.3) is 0 Å². The van der Waals surface area contributed by atoms with Crippen molar-refractivity contribution in [2.45, 2.75) is 20.8 Å². The van der Waals surface area contributed by atoms with Gasteiger partial charge >= 0.3 is 0 Å². The summed E-state index contributed by atoms with van der Waals surface area (Å²) in [5.74, 6) is 0.987. The van der Waals surface area contributed by atoms with Crippen molar-refractivity contribution in [1.82, 2.24) is 4.98 Å². The van der Waals surface area contributed by atoms with Crippen LogP contribution >= 0.6 is 0 Å². The molecule has 0 unspecified atom stereocenters. The van der Waals surface area contributed by atoms with Crippen molar-refractivity contribution in [3.63, 3.8) is 0 Å². The van der Waals surface area contributed by atoms with Crippen LogP contribution in [0.25, 0.3) is 0 Å². The third-order valence-corrected chi connectivity index (χ3v) is 2.15. The third kappa shape index (κ3) is 2.78. The summed E-state index contributed by atoms with van der Waals surface area (Å²) >= 11 is 0. The van der Waals surface area contributed by atoms with Gasteiger partial charge in [-0.3, -0.25) is 4.79 Å². The van der Waals surface area contributed by atoms with Crippen LogP contribution in [0, 0.1) is 5.41 Å². The number of ketones is 1. The lowest BCUT2D eigenvalue weighted by atomic mass is 9.87. The lowest BCUT2D eigenvalue weighted by Gasteiger charge is -2.17. The van der Waals surface area contributed by atoms with Gasteiger partial charge in [-0.25, -0.2) is 4.98 Å². The standard InChI is InChI=1S/C12H18N2O/c1-12(2,3)11(15)9-6-7-10(13-8-9)14(4)5/h6-8H,1-5H3. The van der Waals surface area contributed by atoms with Gasteiger partial charge in [0, 0.05) is 31.3 Å². The Hall–Kier alpha value is -1.38. The number of hydrogen-bond acceptors (Lipinski definition) is 3. The Labute approximate surface area is 91.1 Å². The van der Waals surface area contributed by atoms with Crippen LogP contribution in [0.15, 0.2) is 18.3 Å². The molecule has 0 spiro atoms. The van der Waals surface area contributed by atoms with Crippen LogP contribution < -0.4 is 4.90 Å². The summed E-state index contributed by atoms with van der Waals surface area (Å²) in [4.78, 5) is 18.0. The smallest absolute Gasteiger partial charge is 0.169 e. The van der Waals surface area contributed by atoms with E-state index in [1.54, 1.807) is 6.20 Å². The molecule has 0 aliphatic rings. The lowest BCUT2D eigenvalue weighted by molar-refractivity contribution is 0.0858. The fourth-order valence-corrected chi connectivity index (χ4v) is 1.22. The van der Waals surface area contributed by atoms with Gasteiger partial charge < -0.3 is 4.90 Å². The molecule has 1 rings (SSSR count). The zero-order chi connectivity index (χ0) is 11.6. The van der Waals surface area contributed by atoms with E-state index in [-0.39, 0.29) is 11.2 Å². The van der Waals surface area contributed by atoms with Crippen LogP contribution in [0.3, 0.4) is 0 Å². The number of aromatic nitrogens is 1. The van der Waals surface area contributed by atoms with Crippen LogP contribution in [-0.2, 0) is 0 Å². The molecular formula is C12H18N2O. The maximum Gasteiger partial charge on any atom is 0.169 e. The SMILES string of the molecule is CN(C)c1ccc(C(=O)C(C)(C)C)cn1. The van der Waals surface area contributed by atoms with Gasteiger partial charge in [-0.1, -0.05) is 20.8 Å². The van der Waals surface area contributed by atoms with E-state index in [9.17, 15) is 4.79 Å². The van der Waals surface area contributed by atoms with Gasteiger partial charge in [0.2, 0.25) is 0 Å². The van der Waals surface area contributed by atoms with Crippen molar-refractivity contribution in [1.29, 1.82) is 0 Å². The normalized spacial score (nSPS) is 11.3. The fraction of sp³-hybridized carbons (Fsp3) is 0.500. The number of hydrogen-bond donors (Lipinski definition) is 0. The minimum atomic E-state index is -0.346. The molecule has 0 saturated heterocycles. The van der Waals surface area contributed by atoms with Crippen LogP contribution in [0.4, 0.5) is 5.82 Å². The highest BCUT2D eigenvalue weighted by atomic mass is 16.1. The molecule has 15 heavy (non-hydrogen) atoms. The first kappa shape index (κ1) is 11.7. The van der Waals surface area contributed by atoms with Gasteiger partial charge in [-0.05, 0) is 12.1 Å². The quantitative estimate of drug-likeness (QED) is 0.696. The Balaban J connectivity index is 2.95. The maximum absolute atomic E-state index is 11.9. The molecular weight excluding hydrogens is 188 g/mol. The Bertz CT molecular complexity index is 347. The Morgan fingerprint density at radius 1 is 1.27 bits per heavy atom. The van der Waals surface area contributed by atoms with E-state index in [1.165, 1.54) is 0 Å². The van der Waals surface area contributed by atoms with Gasteiger partial charge in [-0.15, -0.1) is 0 Å². The summed E-state index contributed by atoms with van der Waals surface area (Å²) in [6.45, 7) is 5.74. The number of carbonyl (C=O) groups excluding carboxylic acids is 1. The van der Waals surface area contributed by atoms with E-state index < -0.39 is 0 Å². The van der Waals surface area contributed by atoms with Gasteiger partial charge in [-0.2, -0.15) is 0 Å². The summed E-state index contributed by atoms with van der Waals surface area (Å²) in [6.07, 6.45) is 1.64. The molecule has 0 amide bonds. The van der Waals surface area contributed by atoms with Crippen molar-refractivity contribution in [2.75, 3.05) is 19.0 Å². The lowest BCUT2D eigenvalue weighted by Crippen LogP contribution is -2.20. The zero-order valence-electron chi connectivity index (χ0n) is 10.0. The molecule has 3 heteroatoms. The summed E-state index contributed by atoms with van der Waals surface area (Å²) in [5, 5.41) is 0. The van der Waals surface area contributed by atoms with Crippen molar-refractivity contribution >= 4 is 11.6 Å². The summed E-state index contributed by atoms with van der Waals surface area (Å²) in [7, 11) is 3.85. The molecule has 0 fully saturated rings. The monoisotopic (exact) mass is 206 g/mol. The number of Topliss-reactive ketones (excluding diaryl/α,β-unsaturated/α-hetero) is 1. The fourth-order valence-electron chi connectivity index (χ4n) is 1.22. The van der Waals surface area contributed by atoms with E-state index in [2.05, 4.69) is 4.98 Å². The second-order valence-corrected chi connectivity index (χ2v) is 4.88. The molecule has 0 saturated carbocycles. The molecule has 1 aromatic heterocycles. The summed E-state index contributed by atoms with van der Waals surface area (Å²) in [6, 6.07) is 3.69. The molecule has 1 aromatic rings. The molecule has 3 nitrogen and oxygen atoms in total. The number of carbonyl (C=O) groups is 1. The van der Waals surface area contributed by atoms with E-state index in [4.69, 9.17) is 0 Å². The largest absolute Gasteiger partial charge is 0.363 e. The van der Waals surface area contributed by atoms with E-state index in [1.807, 2.05) is 51.9 Å². The number of pyridine rings is 1. The highest BCUT2D eigenvalue weighted by Gasteiger charge is 2.22. The van der Waals surface area contributed by atoms with Crippen molar-refractivity contribution < 1.29 is 4.79 Å². The van der Waals surface area contributed by atoms with Gasteiger partial charge in [0.15, 0.2) is 5.78 Å². The van der Waals surface area contributed by atoms with Crippen molar-refractivity contribution in [3.8, 4) is 0 Å². The van der Waals surface area contributed by atoms with E-state index >= 15 is 0 Å². The highest BCUT2D eigenvalue weighted by molar-refractivity contribution is 5.99. The van der Waals surface area contributed by atoms with Gasteiger partial charge in [0.05, 0.1) is 0 Å². The number of rotatable bonds is 2. The molecule has 0 N–H and O–H groups in total. The molecule has 0 aliphatic heterocycles. The first-order valence-corrected chi connectivity index (χ1v) is 5.00. The van der Waals surface area contributed by atoms with E-state index in [0.29, 0.717) is 5.56 Å². The number of nitrogens with zero attached hydrogens (tertiary/aromatic N) is 2. The maximum atomic E-state index is 11.9. The van der Waals surface area contributed by atoms with Crippen LogP contribution in [-0.4, -0.2) is 24.9 Å². The minimum Gasteiger partial charge on any atom is -0.363 e. The molecule has 0 atom stereocenters. The first-order chi connectivity index (χ1) is 6.82.